The number of carbonyl (C=O) groups excluding carboxylic acids is 1. The molecule has 5 rings (SSSR count). The molecule has 1 aliphatic heterocycles. The number of aromatic nitrogens is 1. The van der Waals surface area contributed by atoms with Crippen LogP contribution in [0.1, 0.15) is 42.7 Å². The molecule has 0 radical (unpaired) electrons. The van der Waals surface area contributed by atoms with E-state index < -0.39 is 34.1 Å². The molecule has 1 saturated heterocycles. The van der Waals surface area contributed by atoms with E-state index in [9.17, 15) is 41.3 Å². The van der Waals surface area contributed by atoms with Gasteiger partial charge in [0, 0.05) is 44.0 Å². The second-order valence-electron chi connectivity index (χ2n) is 10.9. The van der Waals surface area contributed by atoms with Crippen molar-refractivity contribution in [3.8, 4) is 0 Å². The van der Waals surface area contributed by atoms with Gasteiger partial charge in [-0.15, -0.1) is 0 Å². The van der Waals surface area contributed by atoms with E-state index in [2.05, 4.69) is 10.3 Å². The van der Waals surface area contributed by atoms with Crippen LogP contribution in [-0.2, 0) is 28.4 Å². The molecule has 0 unspecified atom stereocenters. The lowest BCUT2D eigenvalue weighted by Gasteiger charge is -2.34. The Balaban J connectivity index is 1.03. The number of fused-ring (bicyclic) bond motifs is 1. The molecule has 1 aromatic heterocycles. The predicted molar refractivity (Wildman–Crippen MR) is 145 cm³/mol. The number of piperazine rings is 1. The number of alkyl halides is 6. The topological polar surface area (TPSA) is 114 Å². The number of hydrogen-bond acceptors (Lipinski definition) is 8. The third-order valence-corrected chi connectivity index (χ3v) is 7.83. The van der Waals surface area contributed by atoms with Gasteiger partial charge in [0.1, 0.15) is 17.7 Å². The lowest BCUT2D eigenvalue weighted by Crippen LogP contribution is -2.49. The Morgan fingerprint density at radius 2 is 1.70 bits per heavy atom. The van der Waals surface area contributed by atoms with Crippen LogP contribution in [0.4, 0.5) is 37.7 Å². The smallest absolute Gasteiger partial charge is 0.423 e. The molecule has 2 heterocycles. The Labute approximate surface area is 247 Å². The molecule has 3 aromatic rings. The highest BCUT2D eigenvalue weighted by atomic mass is 19.4. The van der Waals surface area contributed by atoms with Crippen LogP contribution in [-0.4, -0.2) is 70.5 Å². The van der Waals surface area contributed by atoms with Crippen LogP contribution in [0, 0.1) is 10.1 Å². The first-order chi connectivity index (χ1) is 20.8. The standard InChI is InChI=1S/C28H29F6N5O5/c29-27(30,31)17-1-8-24-22(13-17)36-25(44-24)15-37-9-11-38(12-10-37)26(40)16-43-20-5-2-18(3-6-20)35-19-4-7-23(39(41)42)21(14-19)28(32,33)34/h1,4,7-8,13-14,18,20,35H,2-3,5-6,9-12,15-16H2/t18-,20-. The summed E-state index contributed by atoms with van der Waals surface area (Å²) < 4.78 is 90.1. The fourth-order valence-corrected chi connectivity index (χ4v) is 5.47. The van der Waals surface area contributed by atoms with Crippen molar-refractivity contribution in [2.24, 2.45) is 0 Å². The van der Waals surface area contributed by atoms with Gasteiger partial charge in [0.25, 0.3) is 5.69 Å². The molecule has 16 heteroatoms. The van der Waals surface area contributed by atoms with E-state index in [0.717, 1.165) is 24.3 Å². The van der Waals surface area contributed by atoms with E-state index >= 15 is 0 Å². The number of ether oxygens (including phenoxy) is 1. The molecule has 44 heavy (non-hydrogen) atoms. The average Bonchev–Trinajstić information content (AvgIpc) is 3.37. The first-order valence-electron chi connectivity index (χ1n) is 14.0. The number of halogens is 6. The van der Waals surface area contributed by atoms with Crippen molar-refractivity contribution >= 4 is 28.4 Å². The number of nitrogens with zero attached hydrogens (tertiary/aromatic N) is 4. The van der Waals surface area contributed by atoms with E-state index in [4.69, 9.17) is 9.15 Å². The van der Waals surface area contributed by atoms with Crippen molar-refractivity contribution in [1.82, 2.24) is 14.8 Å². The summed E-state index contributed by atoms with van der Waals surface area (Å²) in [7, 11) is 0. The molecule has 2 aliphatic rings. The Bertz CT molecular complexity index is 1490. The van der Waals surface area contributed by atoms with Gasteiger partial charge in [-0.2, -0.15) is 26.3 Å². The first kappa shape index (κ1) is 31.5. The number of nitro groups is 1. The largest absolute Gasteiger partial charge is 0.439 e. The van der Waals surface area contributed by atoms with Crippen LogP contribution >= 0.6 is 0 Å². The molecule has 1 amide bonds. The van der Waals surface area contributed by atoms with Crippen LogP contribution < -0.4 is 5.32 Å². The van der Waals surface area contributed by atoms with Gasteiger partial charge in [0.05, 0.1) is 23.1 Å². The molecule has 10 nitrogen and oxygen atoms in total. The van der Waals surface area contributed by atoms with Gasteiger partial charge in [-0.25, -0.2) is 4.98 Å². The molecule has 2 aromatic carbocycles. The lowest BCUT2D eigenvalue weighted by molar-refractivity contribution is -0.388. The van der Waals surface area contributed by atoms with Gasteiger partial charge in [0.15, 0.2) is 5.58 Å². The molecule has 2 fully saturated rings. The molecule has 0 bridgehead atoms. The zero-order valence-electron chi connectivity index (χ0n) is 23.3. The summed E-state index contributed by atoms with van der Waals surface area (Å²) in [5.74, 6) is 0.124. The lowest BCUT2D eigenvalue weighted by atomic mass is 9.92. The minimum absolute atomic E-state index is 0.104. The minimum Gasteiger partial charge on any atom is -0.439 e. The van der Waals surface area contributed by atoms with Crippen molar-refractivity contribution in [2.75, 3.05) is 38.1 Å². The van der Waals surface area contributed by atoms with Gasteiger partial charge in [0.2, 0.25) is 11.8 Å². The summed E-state index contributed by atoms with van der Waals surface area (Å²) >= 11 is 0. The number of nitro benzene ring substituents is 1. The van der Waals surface area contributed by atoms with Crippen LogP contribution in [0.5, 0.6) is 0 Å². The number of oxazole rings is 1. The number of hydrogen-bond donors (Lipinski definition) is 1. The predicted octanol–water partition coefficient (Wildman–Crippen LogP) is 5.86. The number of amides is 1. The van der Waals surface area contributed by atoms with Crippen molar-refractivity contribution in [3.63, 3.8) is 0 Å². The van der Waals surface area contributed by atoms with Crippen molar-refractivity contribution in [2.45, 2.75) is 56.7 Å². The molecule has 1 saturated carbocycles. The second-order valence-corrected chi connectivity index (χ2v) is 10.9. The maximum Gasteiger partial charge on any atom is 0.423 e. The van der Waals surface area contributed by atoms with Gasteiger partial charge < -0.3 is 19.4 Å². The average molecular weight is 630 g/mol. The monoisotopic (exact) mass is 629 g/mol. The number of benzene rings is 2. The summed E-state index contributed by atoms with van der Waals surface area (Å²) in [6.07, 6.45) is -7.16. The molecule has 0 atom stereocenters. The number of rotatable bonds is 8. The summed E-state index contributed by atoms with van der Waals surface area (Å²) in [5, 5.41) is 14.0. The summed E-state index contributed by atoms with van der Waals surface area (Å²) in [5.41, 5.74) is -2.56. The highest BCUT2D eigenvalue weighted by Crippen LogP contribution is 2.38. The Morgan fingerprint density at radius 1 is 1.00 bits per heavy atom. The zero-order chi connectivity index (χ0) is 31.6. The zero-order valence-corrected chi connectivity index (χ0v) is 23.3. The van der Waals surface area contributed by atoms with Gasteiger partial charge in [-0.1, -0.05) is 0 Å². The fraction of sp³-hybridized carbons (Fsp3) is 0.500. The van der Waals surface area contributed by atoms with Gasteiger partial charge in [-0.3, -0.25) is 19.8 Å². The van der Waals surface area contributed by atoms with Crippen LogP contribution in [0.2, 0.25) is 0 Å². The van der Waals surface area contributed by atoms with E-state index in [1.807, 2.05) is 4.90 Å². The quantitative estimate of drug-likeness (QED) is 0.187. The van der Waals surface area contributed by atoms with E-state index in [1.165, 1.54) is 12.1 Å². The minimum atomic E-state index is -4.86. The van der Waals surface area contributed by atoms with Crippen molar-refractivity contribution in [3.05, 3.63) is 63.5 Å². The Kier molecular flexibility index (Phi) is 9.02. The number of anilines is 1. The van der Waals surface area contributed by atoms with Crippen molar-refractivity contribution in [1.29, 1.82) is 0 Å². The molecule has 0 spiro atoms. The van der Waals surface area contributed by atoms with E-state index in [0.29, 0.717) is 64.3 Å². The van der Waals surface area contributed by atoms with E-state index in [1.54, 1.807) is 4.90 Å². The highest BCUT2D eigenvalue weighted by Gasteiger charge is 2.38. The summed E-state index contributed by atoms with van der Waals surface area (Å²) in [6, 6.07) is 5.86. The first-order valence-corrected chi connectivity index (χ1v) is 14.0. The van der Waals surface area contributed by atoms with E-state index in [-0.39, 0.29) is 41.4 Å². The summed E-state index contributed by atoms with van der Waals surface area (Å²) in [4.78, 5) is 30.5. The van der Waals surface area contributed by atoms with Crippen LogP contribution in [0.3, 0.4) is 0 Å². The Hall–Kier alpha value is -3.92. The Morgan fingerprint density at radius 3 is 2.34 bits per heavy atom. The van der Waals surface area contributed by atoms with Gasteiger partial charge in [-0.05, 0) is 56.0 Å². The number of carbonyl (C=O) groups is 1. The number of nitrogens with one attached hydrogen (secondary N) is 1. The molecule has 238 valence electrons. The fourth-order valence-electron chi connectivity index (χ4n) is 5.47. The maximum absolute atomic E-state index is 13.3. The highest BCUT2D eigenvalue weighted by molar-refractivity contribution is 5.77. The SMILES string of the molecule is O=C(CO[C@H]1CC[C@H](Nc2ccc([N+](=O)[O-])c(C(F)(F)F)c2)CC1)N1CCN(Cc2nc3cc(C(F)(F)F)ccc3o2)CC1. The molecule has 1 N–H and O–H groups in total. The molecular formula is C28H29F6N5O5. The second kappa shape index (κ2) is 12.6. The van der Waals surface area contributed by atoms with Gasteiger partial charge >= 0.3 is 12.4 Å². The van der Waals surface area contributed by atoms with Crippen LogP contribution in [0.25, 0.3) is 11.1 Å². The summed E-state index contributed by atoms with van der Waals surface area (Å²) in [6.45, 7) is 2.11. The third-order valence-electron chi connectivity index (χ3n) is 7.83. The normalized spacial score (nSPS) is 20.2. The van der Waals surface area contributed by atoms with Crippen LogP contribution in [0.15, 0.2) is 40.8 Å². The molecule has 1 aliphatic carbocycles. The maximum atomic E-state index is 13.3. The third kappa shape index (κ3) is 7.59. The molecular weight excluding hydrogens is 600 g/mol. The van der Waals surface area contributed by atoms with Crippen molar-refractivity contribution < 1.29 is 45.2 Å².